The van der Waals surface area contributed by atoms with Crippen LogP contribution >= 0.6 is 0 Å². The predicted octanol–water partition coefficient (Wildman–Crippen LogP) is 2.91. The second kappa shape index (κ2) is 6.62. The van der Waals surface area contributed by atoms with Crippen molar-refractivity contribution in [1.29, 1.82) is 0 Å². The van der Waals surface area contributed by atoms with Crippen LogP contribution in [0.15, 0.2) is 46.8 Å². The third-order valence-corrected chi connectivity index (χ3v) is 5.09. The highest BCUT2D eigenvalue weighted by atomic mass is 16.6. The number of carboxylic acids is 2. The van der Waals surface area contributed by atoms with Crippen molar-refractivity contribution in [2.45, 2.75) is 32.6 Å². The van der Waals surface area contributed by atoms with E-state index in [4.69, 9.17) is 0 Å². The molecular weight excluding hydrogens is 340 g/mol. The van der Waals surface area contributed by atoms with Crippen LogP contribution in [0.5, 0.6) is 0 Å². The molecule has 0 fully saturated rings. The van der Waals surface area contributed by atoms with E-state index in [9.17, 15) is 29.9 Å². The van der Waals surface area contributed by atoms with Crippen molar-refractivity contribution in [3.8, 4) is 0 Å². The minimum absolute atomic E-state index is 0.0917. The number of carbonyl (C=O) groups is 2. The van der Waals surface area contributed by atoms with E-state index in [-0.39, 0.29) is 28.8 Å². The SMILES string of the molecule is CCC1(c2cccc([N+](=O)[O-])c2)C(C(=O)O)=C(C)N(C)C(C)=C1C(=O)O. The van der Waals surface area contributed by atoms with Gasteiger partial charge in [-0.25, -0.2) is 9.59 Å². The van der Waals surface area contributed by atoms with E-state index in [1.165, 1.54) is 29.2 Å². The molecule has 0 bridgehead atoms. The van der Waals surface area contributed by atoms with Crippen molar-refractivity contribution in [2.24, 2.45) is 0 Å². The van der Waals surface area contributed by atoms with Crippen LogP contribution in [0.4, 0.5) is 5.69 Å². The molecule has 0 saturated carbocycles. The van der Waals surface area contributed by atoms with Crippen LogP contribution < -0.4 is 0 Å². The topological polar surface area (TPSA) is 121 Å². The summed E-state index contributed by atoms with van der Waals surface area (Å²) in [5, 5.41) is 31.0. The van der Waals surface area contributed by atoms with E-state index < -0.39 is 22.3 Å². The van der Waals surface area contributed by atoms with Gasteiger partial charge in [0.25, 0.3) is 5.69 Å². The number of nitro groups is 1. The molecule has 1 aliphatic rings. The van der Waals surface area contributed by atoms with Crippen LogP contribution in [0.2, 0.25) is 0 Å². The van der Waals surface area contributed by atoms with E-state index >= 15 is 0 Å². The highest BCUT2D eigenvalue weighted by molar-refractivity contribution is 6.00. The Hall–Kier alpha value is -3.16. The third kappa shape index (κ3) is 2.63. The number of allylic oxidation sites excluding steroid dienone is 2. The van der Waals surface area contributed by atoms with Gasteiger partial charge in [-0.3, -0.25) is 10.1 Å². The Labute approximate surface area is 150 Å². The zero-order valence-corrected chi connectivity index (χ0v) is 14.9. The average molecular weight is 360 g/mol. The summed E-state index contributed by atoms with van der Waals surface area (Å²) in [6.07, 6.45) is 0.125. The molecule has 0 amide bonds. The van der Waals surface area contributed by atoms with Gasteiger partial charge in [-0.05, 0) is 25.8 Å². The summed E-state index contributed by atoms with van der Waals surface area (Å²) in [4.78, 5) is 36.4. The number of nitrogens with zero attached hydrogens (tertiary/aromatic N) is 2. The first-order valence-corrected chi connectivity index (χ1v) is 7.97. The average Bonchev–Trinajstić information content (AvgIpc) is 2.58. The molecule has 0 saturated heterocycles. The molecule has 2 rings (SSSR count). The summed E-state index contributed by atoms with van der Waals surface area (Å²) in [6, 6.07) is 5.51. The zero-order valence-electron chi connectivity index (χ0n) is 14.9. The molecule has 0 aliphatic carbocycles. The molecule has 2 N–H and O–H groups in total. The quantitative estimate of drug-likeness (QED) is 0.611. The molecule has 1 aromatic rings. The minimum atomic E-state index is -1.50. The van der Waals surface area contributed by atoms with Crippen molar-refractivity contribution in [3.05, 3.63) is 62.5 Å². The van der Waals surface area contributed by atoms with Crippen LogP contribution in [0.3, 0.4) is 0 Å². The van der Waals surface area contributed by atoms with Crippen molar-refractivity contribution in [2.75, 3.05) is 7.05 Å². The Bertz CT molecular complexity index is 830. The standard InChI is InChI=1S/C18H20N2O6/c1-5-18(12-7-6-8-13(9-12)20(25)26)14(16(21)22)10(2)19(4)11(3)15(18)17(23)24/h6-9H,5H2,1-4H3,(H,21,22)(H,23,24). The molecule has 1 aromatic carbocycles. The maximum atomic E-state index is 12.1. The maximum Gasteiger partial charge on any atom is 0.334 e. The van der Waals surface area contributed by atoms with Crippen LogP contribution in [-0.2, 0) is 15.0 Å². The fourth-order valence-electron chi connectivity index (χ4n) is 3.74. The van der Waals surface area contributed by atoms with E-state index in [1.54, 1.807) is 27.8 Å². The number of benzene rings is 1. The van der Waals surface area contributed by atoms with E-state index in [0.29, 0.717) is 11.4 Å². The molecule has 1 heterocycles. The van der Waals surface area contributed by atoms with Crippen molar-refractivity contribution >= 4 is 17.6 Å². The molecule has 8 heteroatoms. The second-order valence-electron chi connectivity index (χ2n) is 6.16. The third-order valence-electron chi connectivity index (χ3n) is 5.09. The highest BCUT2D eigenvalue weighted by Crippen LogP contribution is 2.49. The lowest BCUT2D eigenvalue weighted by atomic mass is 9.64. The Morgan fingerprint density at radius 2 is 1.65 bits per heavy atom. The van der Waals surface area contributed by atoms with Gasteiger partial charge in [0.05, 0.1) is 21.5 Å². The normalized spacial score (nSPS) is 16.7. The van der Waals surface area contributed by atoms with Crippen LogP contribution in [0.25, 0.3) is 0 Å². The van der Waals surface area contributed by atoms with Gasteiger partial charge in [0.1, 0.15) is 0 Å². The van der Waals surface area contributed by atoms with Crippen molar-refractivity contribution in [3.63, 3.8) is 0 Å². The van der Waals surface area contributed by atoms with Gasteiger partial charge in [0.15, 0.2) is 0 Å². The van der Waals surface area contributed by atoms with Crippen molar-refractivity contribution in [1.82, 2.24) is 4.90 Å². The molecule has 0 spiro atoms. The fraction of sp³-hybridized carbons (Fsp3) is 0.333. The van der Waals surface area contributed by atoms with Crippen molar-refractivity contribution < 1.29 is 24.7 Å². The summed E-state index contributed by atoms with van der Waals surface area (Å²) in [6.45, 7) is 4.89. The number of aliphatic carboxylic acids is 2. The highest BCUT2D eigenvalue weighted by Gasteiger charge is 2.50. The summed E-state index contributed by atoms with van der Waals surface area (Å²) < 4.78 is 0. The summed E-state index contributed by atoms with van der Waals surface area (Å²) in [7, 11) is 1.60. The number of rotatable bonds is 5. The smallest absolute Gasteiger partial charge is 0.334 e. The van der Waals surface area contributed by atoms with E-state index in [1.807, 2.05) is 0 Å². The Kier molecular flexibility index (Phi) is 4.88. The summed E-state index contributed by atoms with van der Waals surface area (Å²) in [5.74, 6) is -2.51. The summed E-state index contributed by atoms with van der Waals surface area (Å²) >= 11 is 0. The van der Waals surface area contributed by atoms with Gasteiger partial charge in [-0.2, -0.15) is 0 Å². The maximum absolute atomic E-state index is 12.1. The summed E-state index contributed by atoms with van der Waals surface area (Å²) in [5.41, 5.74) is -0.835. The Morgan fingerprint density at radius 1 is 1.15 bits per heavy atom. The molecule has 0 unspecified atom stereocenters. The molecule has 26 heavy (non-hydrogen) atoms. The molecule has 1 aliphatic heterocycles. The first-order valence-electron chi connectivity index (χ1n) is 7.97. The van der Waals surface area contributed by atoms with Gasteiger partial charge >= 0.3 is 11.9 Å². The zero-order chi connectivity index (χ0) is 19.8. The van der Waals surface area contributed by atoms with Gasteiger partial charge < -0.3 is 15.1 Å². The number of nitro benzene ring substituents is 1. The number of non-ortho nitro benzene ring substituents is 1. The molecule has 8 nitrogen and oxygen atoms in total. The Balaban J connectivity index is 2.99. The largest absolute Gasteiger partial charge is 0.478 e. The Morgan fingerprint density at radius 3 is 2.04 bits per heavy atom. The lowest BCUT2D eigenvalue weighted by Gasteiger charge is -2.43. The minimum Gasteiger partial charge on any atom is -0.478 e. The lowest BCUT2D eigenvalue weighted by Crippen LogP contribution is -2.44. The first kappa shape index (κ1) is 19.2. The monoisotopic (exact) mass is 360 g/mol. The lowest BCUT2D eigenvalue weighted by molar-refractivity contribution is -0.385. The number of hydrogen-bond donors (Lipinski definition) is 2. The van der Waals surface area contributed by atoms with Crippen LogP contribution in [0.1, 0.15) is 32.8 Å². The molecular formula is C18H20N2O6. The van der Waals surface area contributed by atoms with Gasteiger partial charge in [-0.15, -0.1) is 0 Å². The van der Waals surface area contributed by atoms with E-state index in [2.05, 4.69) is 0 Å². The molecule has 0 atom stereocenters. The van der Waals surface area contributed by atoms with Gasteiger partial charge in [-0.1, -0.05) is 19.1 Å². The molecule has 0 radical (unpaired) electrons. The van der Waals surface area contributed by atoms with Gasteiger partial charge in [0, 0.05) is 30.6 Å². The van der Waals surface area contributed by atoms with Crippen LogP contribution in [-0.4, -0.2) is 39.0 Å². The van der Waals surface area contributed by atoms with Gasteiger partial charge in [0.2, 0.25) is 0 Å². The fourth-order valence-corrected chi connectivity index (χ4v) is 3.74. The first-order chi connectivity index (χ1) is 12.1. The molecule has 138 valence electrons. The molecule has 0 aromatic heterocycles. The number of carboxylic acid groups (broad SMARTS) is 2. The van der Waals surface area contributed by atoms with Crippen LogP contribution in [0, 0.1) is 10.1 Å². The second-order valence-corrected chi connectivity index (χ2v) is 6.16. The number of hydrogen-bond acceptors (Lipinski definition) is 5. The predicted molar refractivity (Wildman–Crippen MR) is 93.5 cm³/mol. The van der Waals surface area contributed by atoms with E-state index in [0.717, 1.165) is 0 Å².